The maximum absolute atomic E-state index is 11.1. The van der Waals surface area contributed by atoms with Gasteiger partial charge in [-0.1, -0.05) is 50.2 Å². The molecular formula is C28H42N2O3. The molecule has 0 amide bonds. The van der Waals surface area contributed by atoms with E-state index in [0.717, 1.165) is 41.3 Å². The van der Waals surface area contributed by atoms with Crippen LogP contribution >= 0.6 is 0 Å². The third-order valence-corrected chi connectivity index (χ3v) is 5.56. The van der Waals surface area contributed by atoms with E-state index in [1.807, 2.05) is 57.2 Å². The summed E-state index contributed by atoms with van der Waals surface area (Å²) in [5, 5.41) is 11.1. The van der Waals surface area contributed by atoms with E-state index in [0.29, 0.717) is 26.1 Å². The van der Waals surface area contributed by atoms with E-state index < -0.39 is 5.60 Å². The molecule has 0 fully saturated rings. The van der Waals surface area contributed by atoms with Gasteiger partial charge in [0.15, 0.2) is 5.90 Å². The molecule has 1 N–H and O–H groups in total. The van der Waals surface area contributed by atoms with Gasteiger partial charge in [0.1, 0.15) is 19.0 Å². The van der Waals surface area contributed by atoms with Gasteiger partial charge in [-0.3, -0.25) is 0 Å². The zero-order valence-corrected chi connectivity index (χ0v) is 21.5. The highest BCUT2D eigenvalue weighted by Gasteiger charge is 2.26. The number of ether oxygens (including phenoxy) is 2. The van der Waals surface area contributed by atoms with Crippen molar-refractivity contribution < 1.29 is 14.6 Å². The number of aliphatic hydroxyl groups is 1. The molecule has 0 bridgehead atoms. The minimum absolute atomic E-state index is 0.126. The summed E-state index contributed by atoms with van der Waals surface area (Å²) in [4.78, 5) is 6.75. The summed E-state index contributed by atoms with van der Waals surface area (Å²) in [6.45, 7) is 12.1. The Hall–Kier alpha value is -2.37. The molecule has 1 unspecified atom stereocenters. The van der Waals surface area contributed by atoms with Crippen molar-refractivity contribution in [2.75, 3.05) is 27.2 Å². The normalized spacial score (nSPS) is 16.3. The van der Waals surface area contributed by atoms with Crippen molar-refractivity contribution in [3.63, 3.8) is 0 Å². The van der Waals surface area contributed by atoms with E-state index >= 15 is 0 Å². The van der Waals surface area contributed by atoms with Gasteiger partial charge in [0.05, 0.1) is 11.1 Å². The number of hydrogen-bond donors (Lipinski definition) is 1. The second-order valence-electron chi connectivity index (χ2n) is 9.55. The molecule has 0 spiro atoms. The summed E-state index contributed by atoms with van der Waals surface area (Å²) in [6, 6.07) is 16.1. The maximum atomic E-state index is 11.1. The standard InChI is InChI=1S/C26H36N2O3.C2H6/c1-25(2)19-31-24(27-25)17-20-11-13-22(14-12-20)30-18-21-9-6-7-10-23(21)26(3,29)15-8-16-28(4)5;1-2/h6-7,9-14,29H,8,15-19H2,1-5H3;1-2H3. The van der Waals surface area contributed by atoms with Gasteiger partial charge in [-0.15, -0.1) is 0 Å². The summed E-state index contributed by atoms with van der Waals surface area (Å²) in [5.41, 5.74) is 2.09. The molecule has 2 aromatic rings. The summed E-state index contributed by atoms with van der Waals surface area (Å²) in [7, 11) is 4.10. The lowest BCUT2D eigenvalue weighted by Crippen LogP contribution is -2.25. The van der Waals surface area contributed by atoms with Crippen LogP contribution < -0.4 is 4.74 Å². The Labute approximate surface area is 200 Å². The Bertz CT molecular complexity index is 886. The summed E-state index contributed by atoms with van der Waals surface area (Å²) in [6.07, 6.45) is 2.34. The van der Waals surface area contributed by atoms with Gasteiger partial charge in [-0.05, 0) is 83.1 Å². The highest BCUT2D eigenvalue weighted by Crippen LogP contribution is 2.30. The Kier molecular flexibility index (Phi) is 9.93. The Morgan fingerprint density at radius 2 is 1.76 bits per heavy atom. The van der Waals surface area contributed by atoms with E-state index in [2.05, 4.69) is 50.0 Å². The van der Waals surface area contributed by atoms with Crippen LogP contribution in [-0.4, -0.2) is 48.7 Å². The fourth-order valence-electron chi connectivity index (χ4n) is 3.84. The largest absolute Gasteiger partial charge is 0.489 e. The average molecular weight is 455 g/mol. The van der Waals surface area contributed by atoms with Crippen LogP contribution in [0.1, 0.15) is 64.2 Å². The first-order valence-electron chi connectivity index (χ1n) is 12.0. The predicted octanol–water partition coefficient (Wildman–Crippen LogP) is 5.59. The average Bonchev–Trinajstić information content (AvgIpc) is 3.12. The molecule has 5 nitrogen and oxygen atoms in total. The molecule has 3 rings (SSSR count). The molecule has 182 valence electrons. The Morgan fingerprint density at radius 3 is 2.36 bits per heavy atom. The molecule has 0 saturated carbocycles. The molecule has 1 aliphatic heterocycles. The highest BCUT2D eigenvalue weighted by atomic mass is 16.5. The molecule has 0 aliphatic carbocycles. The fourth-order valence-corrected chi connectivity index (χ4v) is 3.84. The van der Waals surface area contributed by atoms with Gasteiger partial charge < -0.3 is 19.5 Å². The van der Waals surface area contributed by atoms with Crippen LogP contribution in [0.4, 0.5) is 0 Å². The SMILES string of the molecule is CC.CN(C)CCCC(C)(O)c1ccccc1COc1ccc(CC2=NC(C)(C)CO2)cc1. The van der Waals surface area contributed by atoms with E-state index in [1.54, 1.807) is 0 Å². The number of aliphatic imine (C=N–C) groups is 1. The Balaban J connectivity index is 0.00000187. The molecule has 2 aromatic carbocycles. The predicted molar refractivity (Wildman–Crippen MR) is 137 cm³/mol. The number of benzene rings is 2. The molecular weight excluding hydrogens is 412 g/mol. The van der Waals surface area contributed by atoms with Crippen LogP contribution in [0.15, 0.2) is 53.5 Å². The topological polar surface area (TPSA) is 54.3 Å². The van der Waals surface area contributed by atoms with Crippen LogP contribution in [-0.2, 0) is 23.4 Å². The van der Waals surface area contributed by atoms with Crippen molar-refractivity contribution in [3.05, 3.63) is 65.2 Å². The summed E-state index contributed by atoms with van der Waals surface area (Å²) in [5.74, 6) is 1.60. The zero-order chi connectivity index (χ0) is 24.5. The van der Waals surface area contributed by atoms with Crippen molar-refractivity contribution in [1.82, 2.24) is 4.90 Å². The fraction of sp³-hybridized carbons (Fsp3) is 0.536. The summed E-state index contributed by atoms with van der Waals surface area (Å²) < 4.78 is 11.7. The van der Waals surface area contributed by atoms with Gasteiger partial charge in [-0.2, -0.15) is 0 Å². The second kappa shape index (κ2) is 12.2. The van der Waals surface area contributed by atoms with Crippen LogP contribution in [0.5, 0.6) is 5.75 Å². The zero-order valence-electron chi connectivity index (χ0n) is 21.5. The van der Waals surface area contributed by atoms with Crippen LogP contribution in [0.25, 0.3) is 0 Å². The molecule has 1 aliphatic rings. The first-order chi connectivity index (χ1) is 15.6. The van der Waals surface area contributed by atoms with Gasteiger partial charge in [0.2, 0.25) is 0 Å². The number of nitrogens with zero attached hydrogens (tertiary/aromatic N) is 2. The maximum Gasteiger partial charge on any atom is 0.188 e. The monoisotopic (exact) mass is 454 g/mol. The van der Waals surface area contributed by atoms with Gasteiger partial charge in [-0.25, -0.2) is 4.99 Å². The highest BCUT2D eigenvalue weighted by molar-refractivity contribution is 5.80. The van der Waals surface area contributed by atoms with Crippen LogP contribution in [0.3, 0.4) is 0 Å². The number of rotatable bonds is 10. The van der Waals surface area contributed by atoms with Crippen molar-refractivity contribution in [3.8, 4) is 5.75 Å². The lowest BCUT2D eigenvalue weighted by Gasteiger charge is -2.27. The van der Waals surface area contributed by atoms with Crippen molar-refractivity contribution in [2.45, 2.75) is 71.6 Å². The second-order valence-corrected chi connectivity index (χ2v) is 9.55. The molecule has 0 aromatic heterocycles. The molecule has 0 radical (unpaired) electrons. The van der Waals surface area contributed by atoms with Crippen LogP contribution in [0, 0.1) is 0 Å². The van der Waals surface area contributed by atoms with Crippen molar-refractivity contribution in [2.24, 2.45) is 4.99 Å². The Morgan fingerprint density at radius 1 is 1.09 bits per heavy atom. The molecule has 33 heavy (non-hydrogen) atoms. The molecule has 5 heteroatoms. The van der Waals surface area contributed by atoms with Crippen LogP contribution in [0.2, 0.25) is 0 Å². The van der Waals surface area contributed by atoms with E-state index in [9.17, 15) is 5.11 Å². The molecule has 0 saturated heterocycles. The lowest BCUT2D eigenvalue weighted by molar-refractivity contribution is 0.0418. The molecule has 1 heterocycles. The third-order valence-electron chi connectivity index (χ3n) is 5.56. The minimum Gasteiger partial charge on any atom is -0.489 e. The van der Waals surface area contributed by atoms with Gasteiger partial charge >= 0.3 is 0 Å². The minimum atomic E-state index is -0.879. The first kappa shape index (κ1) is 26.9. The van der Waals surface area contributed by atoms with Crippen molar-refractivity contribution in [1.29, 1.82) is 0 Å². The van der Waals surface area contributed by atoms with Gasteiger partial charge in [0.25, 0.3) is 0 Å². The third kappa shape index (κ3) is 8.49. The van der Waals surface area contributed by atoms with E-state index in [1.165, 1.54) is 0 Å². The van der Waals surface area contributed by atoms with Crippen molar-refractivity contribution >= 4 is 5.90 Å². The van der Waals surface area contributed by atoms with E-state index in [4.69, 9.17) is 9.47 Å². The number of hydrogen-bond acceptors (Lipinski definition) is 5. The van der Waals surface area contributed by atoms with E-state index in [-0.39, 0.29) is 5.54 Å². The summed E-state index contributed by atoms with van der Waals surface area (Å²) >= 11 is 0. The quantitative estimate of drug-likeness (QED) is 0.508. The first-order valence-corrected chi connectivity index (χ1v) is 12.0. The molecule has 1 atom stereocenters. The van der Waals surface area contributed by atoms with Gasteiger partial charge in [0, 0.05) is 6.42 Å². The lowest BCUT2D eigenvalue weighted by atomic mass is 9.87. The smallest absolute Gasteiger partial charge is 0.188 e.